The summed E-state index contributed by atoms with van der Waals surface area (Å²) in [6, 6.07) is 0. The van der Waals surface area contributed by atoms with Gasteiger partial charge in [-0.05, 0) is 25.3 Å². The van der Waals surface area contributed by atoms with Crippen molar-refractivity contribution in [3.8, 4) is 0 Å². The number of rotatable bonds is 7. The summed E-state index contributed by atoms with van der Waals surface area (Å²) >= 11 is 0. The van der Waals surface area contributed by atoms with Gasteiger partial charge in [-0.25, -0.2) is 0 Å². The van der Waals surface area contributed by atoms with Gasteiger partial charge in [0, 0.05) is 33.2 Å². The van der Waals surface area contributed by atoms with Gasteiger partial charge in [0.15, 0.2) is 5.96 Å². The van der Waals surface area contributed by atoms with Crippen molar-refractivity contribution in [2.24, 2.45) is 10.9 Å². The van der Waals surface area contributed by atoms with E-state index >= 15 is 0 Å². The van der Waals surface area contributed by atoms with Crippen LogP contribution in [0.4, 0.5) is 0 Å². The smallest absolute Gasteiger partial charge is 0.190 e. The number of nitrogens with one attached hydrogen (secondary N) is 2. The summed E-state index contributed by atoms with van der Waals surface area (Å²) in [7, 11) is 1.82. The molecular weight excluding hydrogens is 367 g/mol. The fourth-order valence-electron chi connectivity index (χ4n) is 2.01. The van der Waals surface area contributed by atoms with E-state index in [4.69, 9.17) is 4.74 Å². The third kappa shape index (κ3) is 9.77. The minimum absolute atomic E-state index is 0. The van der Waals surface area contributed by atoms with Crippen molar-refractivity contribution < 1.29 is 4.74 Å². The van der Waals surface area contributed by atoms with Crippen LogP contribution < -0.4 is 10.6 Å². The SMILES string of the molecule is CN=C(NCCCCN1CCOCC1)NCC(C)C.I. The molecule has 0 bridgehead atoms. The maximum absolute atomic E-state index is 5.34. The Hall–Kier alpha value is -0.0800. The molecule has 0 atom stereocenters. The number of nitrogens with zero attached hydrogens (tertiary/aromatic N) is 2. The molecule has 120 valence electrons. The van der Waals surface area contributed by atoms with Crippen LogP contribution in [-0.2, 0) is 4.74 Å². The number of unbranched alkanes of at least 4 members (excludes halogenated alkanes) is 1. The Bertz CT molecular complexity index is 256. The minimum Gasteiger partial charge on any atom is -0.379 e. The summed E-state index contributed by atoms with van der Waals surface area (Å²) < 4.78 is 5.34. The van der Waals surface area contributed by atoms with Gasteiger partial charge >= 0.3 is 0 Å². The van der Waals surface area contributed by atoms with Crippen molar-refractivity contribution in [3.05, 3.63) is 0 Å². The van der Waals surface area contributed by atoms with E-state index < -0.39 is 0 Å². The van der Waals surface area contributed by atoms with Gasteiger partial charge in [0.25, 0.3) is 0 Å². The van der Waals surface area contributed by atoms with E-state index in [-0.39, 0.29) is 24.0 Å². The maximum atomic E-state index is 5.34. The molecule has 20 heavy (non-hydrogen) atoms. The Morgan fingerprint density at radius 2 is 1.90 bits per heavy atom. The first-order valence-electron chi connectivity index (χ1n) is 7.47. The van der Waals surface area contributed by atoms with Crippen molar-refractivity contribution in [1.29, 1.82) is 0 Å². The van der Waals surface area contributed by atoms with Crippen LogP contribution in [0, 0.1) is 5.92 Å². The molecule has 0 aromatic heterocycles. The molecule has 1 fully saturated rings. The summed E-state index contributed by atoms with van der Waals surface area (Å²) in [6.45, 7) is 11.5. The van der Waals surface area contributed by atoms with Gasteiger partial charge in [-0.15, -0.1) is 24.0 Å². The first-order valence-corrected chi connectivity index (χ1v) is 7.47. The number of hydrogen-bond acceptors (Lipinski definition) is 3. The Labute approximate surface area is 140 Å². The molecule has 0 spiro atoms. The predicted molar refractivity (Wildman–Crippen MR) is 96.1 cm³/mol. The fraction of sp³-hybridized carbons (Fsp3) is 0.929. The molecule has 1 aliphatic rings. The molecule has 0 aromatic carbocycles. The zero-order chi connectivity index (χ0) is 13.9. The van der Waals surface area contributed by atoms with Gasteiger partial charge in [-0.3, -0.25) is 9.89 Å². The molecule has 0 radical (unpaired) electrons. The normalized spacial score (nSPS) is 16.9. The van der Waals surface area contributed by atoms with E-state index in [0.717, 1.165) is 45.4 Å². The van der Waals surface area contributed by atoms with Crippen LogP contribution in [0.15, 0.2) is 4.99 Å². The summed E-state index contributed by atoms with van der Waals surface area (Å²) in [6.07, 6.45) is 2.41. The van der Waals surface area contributed by atoms with Gasteiger partial charge in [0.2, 0.25) is 0 Å². The molecule has 0 amide bonds. The summed E-state index contributed by atoms with van der Waals surface area (Å²) in [5.41, 5.74) is 0. The van der Waals surface area contributed by atoms with E-state index in [2.05, 4.69) is 34.4 Å². The predicted octanol–water partition coefficient (Wildman–Crippen LogP) is 1.54. The molecule has 1 saturated heterocycles. The highest BCUT2D eigenvalue weighted by Gasteiger charge is 2.08. The van der Waals surface area contributed by atoms with Crippen molar-refractivity contribution >= 4 is 29.9 Å². The third-order valence-electron chi connectivity index (χ3n) is 3.20. The topological polar surface area (TPSA) is 48.9 Å². The lowest BCUT2D eigenvalue weighted by Crippen LogP contribution is -2.40. The quantitative estimate of drug-likeness (QED) is 0.296. The van der Waals surface area contributed by atoms with E-state index in [9.17, 15) is 0 Å². The lowest BCUT2D eigenvalue weighted by Gasteiger charge is -2.26. The van der Waals surface area contributed by atoms with Crippen LogP contribution in [0.1, 0.15) is 26.7 Å². The lowest BCUT2D eigenvalue weighted by atomic mass is 10.2. The molecular formula is C14H31IN4O. The first-order chi connectivity index (χ1) is 9.22. The average molecular weight is 398 g/mol. The Kier molecular flexibility index (Phi) is 12.6. The van der Waals surface area contributed by atoms with Crippen molar-refractivity contribution in [2.45, 2.75) is 26.7 Å². The molecule has 1 heterocycles. The lowest BCUT2D eigenvalue weighted by molar-refractivity contribution is 0.0372. The zero-order valence-electron chi connectivity index (χ0n) is 13.2. The number of aliphatic imine (C=N–C) groups is 1. The average Bonchev–Trinajstić information content (AvgIpc) is 2.42. The van der Waals surface area contributed by atoms with E-state index in [0.29, 0.717) is 5.92 Å². The standard InChI is InChI=1S/C14H30N4O.HI/c1-13(2)12-17-14(15-3)16-6-4-5-7-18-8-10-19-11-9-18;/h13H,4-12H2,1-3H3,(H2,15,16,17);1H. The molecule has 5 nitrogen and oxygen atoms in total. The Morgan fingerprint density at radius 1 is 1.20 bits per heavy atom. The highest BCUT2D eigenvalue weighted by molar-refractivity contribution is 14.0. The Balaban J connectivity index is 0.00000361. The van der Waals surface area contributed by atoms with E-state index in [1.807, 2.05) is 7.05 Å². The van der Waals surface area contributed by atoms with Gasteiger partial charge in [0.05, 0.1) is 13.2 Å². The molecule has 6 heteroatoms. The second kappa shape index (κ2) is 12.6. The fourth-order valence-corrected chi connectivity index (χ4v) is 2.01. The van der Waals surface area contributed by atoms with Crippen LogP contribution >= 0.6 is 24.0 Å². The maximum Gasteiger partial charge on any atom is 0.190 e. The van der Waals surface area contributed by atoms with Gasteiger partial charge in [-0.2, -0.15) is 0 Å². The van der Waals surface area contributed by atoms with Crippen LogP contribution in [0.25, 0.3) is 0 Å². The molecule has 0 aromatic rings. The van der Waals surface area contributed by atoms with Crippen molar-refractivity contribution in [1.82, 2.24) is 15.5 Å². The third-order valence-corrected chi connectivity index (χ3v) is 3.20. The number of hydrogen-bond donors (Lipinski definition) is 2. The molecule has 0 saturated carbocycles. The highest BCUT2D eigenvalue weighted by atomic mass is 127. The van der Waals surface area contributed by atoms with Crippen molar-refractivity contribution in [3.63, 3.8) is 0 Å². The molecule has 0 unspecified atom stereocenters. The largest absolute Gasteiger partial charge is 0.379 e. The monoisotopic (exact) mass is 398 g/mol. The van der Waals surface area contributed by atoms with Gasteiger partial charge in [-0.1, -0.05) is 13.8 Å². The molecule has 1 aliphatic heterocycles. The highest BCUT2D eigenvalue weighted by Crippen LogP contribution is 1.99. The second-order valence-electron chi connectivity index (χ2n) is 5.43. The van der Waals surface area contributed by atoms with Crippen LogP contribution in [0.5, 0.6) is 0 Å². The molecule has 0 aliphatic carbocycles. The van der Waals surface area contributed by atoms with Gasteiger partial charge < -0.3 is 15.4 Å². The molecule has 1 rings (SSSR count). The number of halogens is 1. The van der Waals surface area contributed by atoms with Gasteiger partial charge in [0.1, 0.15) is 0 Å². The molecule has 2 N–H and O–H groups in total. The summed E-state index contributed by atoms with van der Waals surface area (Å²) in [4.78, 5) is 6.70. The van der Waals surface area contributed by atoms with Crippen LogP contribution in [0.2, 0.25) is 0 Å². The van der Waals surface area contributed by atoms with Crippen LogP contribution in [-0.4, -0.2) is 63.8 Å². The second-order valence-corrected chi connectivity index (χ2v) is 5.43. The number of guanidine groups is 1. The zero-order valence-corrected chi connectivity index (χ0v) is 15.5. The van der Waals surface area contributed by atoms with E-state index in [1.165, 1.54) is 19.4 Å². The summed E-state index contributed by atoms with van der Waals surface area (Å²) in [5.74, 6) is 1.56. The Morgan fingerprint density at radius 3 is 2.50 bits per heavy atom. The minimum atomic E-state index is 0. The van der Waals surface area contributed by atoms with E-state index in [1.54, 1.807) is 0 Å². The first kappa shape index (κ1) is 19.9. The number of morpholine rings is 1. The summed E-state index contributed by atoms with van der Waals surface area (Å²) in [5, 5.41) is 6.68. The van der Waals surface area contributed by atoms with Crippen LogP contribution in [0.3, 0.4) is 0 Å². The number of ether oxygens (including phenoxy) is 1. The van der Waals surface area contributed by atoms with Crippen molar-refractivity contribution in [2.75, 3.05) is 53.0 Å².